The van der Waals surface area contributed by atoms with Crippen LogP contribution in [0.1, 0.15) is 22.8 Å². The van der Waals surface area contributed by atoms with Crippen LogP contribution in [0.25, 0.3) is 0 Å². The number of carbonyl (C=O) groups excluding carboxylic acids is 2. The van der Waals surface area contributed by atoms with Crippen LogP contribution in [-0.4, -0.2) is 29.8 Å². The van der Waals surface area contributed by atoms with Gasteiger partial charge in [0.25, 0.3) is 5.69 Å². The summed E-state index contributed by atoms with van der Waals surface area (Å²) >= 11 is 0. The van der Waals surface area contributed by atoms with Gasteiger partial charge in [0, 0.05) is 24.7 Å². The van der Waals surface area contributed by atoms with Gasteiger partial charge in [-0.2, -0.15) is 0 Å². The van der Waals surface area contributed by atoms with Crippen molar-refractivity contribution < 1.29 is 18.9 Å². The van der Waals surface area contributed by atoms with Gasteiger partial charge in [0.05, 0.1) is 11.5 Å². The zero-order chi connectivity index (χ0) is 20.0. The molecule has 0 unspecified atom stereocenters. The molecular weight excluding hydrogens is 355 g/mol. The van der Waals surface area contributed by atoms with Crippen molar-refractivity contribution in [3.05, 3.63) is 69.5 Å². The Morgan fingerprint density at radius 1 is 1.22 bits per heavy atom. The molecular formula is C18H19FN4O4. The molecule has 8 nitrogen and oxygen atoms in total. The summed E-state index contributed by atoms with van der Waals surface area (Å²) < 4.78 is 12.9. The van der Waals surface area contributed by atoms with E-state index in [0.29, 0.717) is 6.54 Å². The molecule has 0 spiro atoms. The number of primary amides is 1. The number of nitro benzene ring substituents is 1. The minimum absolute atomic E-state index is 0.0160. The SMILES string of the molecule is CCN(CC(=O)NCc1ccc(F)cc1)c1ccc(C(N)=O)cc1[N+](=O)[O-]. The Morgan fingerprint density at radius 2 is 1.89 bits per heavy atom. The number of carbonyl (C=O) groups is 2. The first-order valence-corrected chi connectivity index (χ1v) is 8.16. The monoisotopic (exact) mass is 374 g/mol. The molecule has 2 aromatic carbocycles. The Bertz CT molecular complexity index is 855. The third-order valence-electron chi connectivity index (χ3n) is 3.92. The molecule has 2 rings (SSSR count). The van der Waals surface area contributed by atoms with Crippen LogP contribution in [-0.2, 0) is 11.3 Å². The number of hydrogen-bond donors (Lipinski definition) is 2. The fourth-order valence-corrected chi connectivity index (χ4v) is 2.49. The van der Waals surface area contributed by atoms with E-state index in [2.05, 4.69) is 5.32 Å². The van der Waals surface area contributed by atoms with Crippen molar-refractivity contribution in [2.24, 2.45) is 5.73 Å². The first-order chi connectivity index (χ1) is 12.8. The Labute approximate surface area is 154 Å². The second-order valence-corrected chi connectivity index (χ2v) is 5.74. The maximum atomic E-state index is 12.9. The molecule has 9 heteroatoms. The van der Waals surface area contributed by atoms with Crippen molar-refractivity contribution in [2.75, 3.05) is 18.0 Å². The summed E-state index contributed by atoms with van der Waals surface area (Å²) in [5.74, 6) is -1.49. The first-order valence-electron chi connectivity index (χ1n) is 8.16. The normalized spacial score (nSPS) is 10.3. The van der Waals surface area contributed by atoms with Crippen molar-refractivity contribution in [1.29, 1.82) is 0 Å². The summed E-state index contributed by atoms with van der Waals surface area (Å²) in [5, 5.41) is 14.0. The van der Waals surface area contributed by atoms with Gasteiger partial charge in [-0.25, -0.2) is 4.39 Å². The zero-order valence-corrected chi connectivity index (χ0v) is 14.6. The number of amides is 2. The van der Waals surface area contributed by atoms with Crippen LogP contribution in [0.5, 0.6) is 0 Å². The molecule has 0 heterocycles. The van der Waals surface area contributed by atoms with E-state index in [1.165, 1.54) is 29.2 Å². The predicted octanol–water partition coefficient (Wildman–Crippen LogP) is 1.98. The lowest BCUT2D eigenvalue weighted by Gasteiger charge is -2.22. The van der Waals surface area contributed by atoms with Gasteiger partial charge in [-0.15, -0.1) is 0 Å². The van der Waals surface area contributed by atoms with Gasteiger partial charge in [-0.1, -0.05) is 12.1 Å². The number of hydrogen-bond acceptors (Lipinski definition) is 5. The molecule has 2 aromatic rings. The van der Waals surface area contributed by atoms with Crippen molar-refractivity contribution in [3.8, 4) is 0 Å². The second kappa shape index (κ2) is 8.75. The van der Waals surface area contributed by atoms with Gasteiger partial charge in [-0.3, -0.25) is 19.7 Å². The Hall–Kier alpha value is -3.49. The van der Waals surface area contributed by atoms with E-state index in [-0.39, 0.29) is 41.8 Å². The van der Waals surface area contributed by atoms with Crippen LogP contribution in [0, 0.1) is 15.9 Å². The van der Waals surface area contributed by atoms with Crippen LogP contribution in [0.15, 0.2) is 42.5 Å². The molecule has 2 amide bonds. The molecule has 27 heavy (non-hydrogen) atoms. The fraction of sp³-hybridized carbons (Fsp3) is 0.222. The highest BCUT2D eigenvalue weighted by atomic mass is 19.1. The summed E-state index contributed by atoms with van der Waals surface area (Å²) in [6, 6.07) is 9.57. The number of nitrogens with two attached hydrogens (primary N) is 1. The Kier molecular flexibility index (Phi) is 6.42. The van der Waals surface area contributed by atoms with E-state index >= 15 is 0 Å². The average Bonchev–Trinajstić information content (AvgIpc) is 2.65. The van der Waals surface area contributed by atoms with E-state index in [4.69, 9.17) is 5.73 Å². The number of rotatable bonds is 8. The van der Waals surface area contributed by atoms with Gasteiger partial charge in [0.1, 0.15) is 11.5 Å². The lowest BCUT2D eigenvalue weighted by Crippen LogP contribution is -2.37. The van der Waals surface area contributed by atoms with Gasteiger partial charge in [0.2, 0.25) is 11.8 Å². The highest BCUT2D eigenvalue weighted by Gasteiger charge is 2.22. The van der Waals surface area contributed by atoms with Crippen LogP contribution < -0.4 is 16.0 Å². The predicted molar refractivity (Wildman–Crippen MR) is 97.7 cm³/mol. The van der Waals surface area contributed by atoms with Crippen LogP contribution in [0.4, 0.5) is 15.8 Å². The topological polar surface area (TPSA) is 119 Å². The van der Waals surface area contributed by atoms with Gasteiger partial charge < -0.3 is 16.0 Å². The van der Waals surface area contributed by atoms with E-state index in [9.17, 15) is 24.1 Å². The standard InChI is InChI=1S/C18H19FN4O4/c1-2-22(11-17(24)21-10-12-3-6-14(19)7-4-12)15-8-5-13(18(20)25)9-16(15)23(26)27/h3-9H,2,10-11H2,1H3,(H2,20,25)(H,21,24). The highest BCUT2D eigenvalue weighted by Crippen LogP contribution is 2.29. The molecule has 0 fully saturated rings. The van der Waals surface area contributed by atoms with Crippen LogP contribution >= 0.6 is 0 Å². The van der Waals surface area contributed by atoms with Crippen molar-refractivity contribution in [2.45, 2.75) is 13.5 Å². The lowest BCUT2D eigenvalue weighted by molar-refractivity contribution is -0.384. The van der Waals surface area contributed by atoms with E-state index < -0.39 is 10.8 Å². The molecule has 0 saturated carbocycles. The summed E-state index contributed by atoms with van der Waals surface area (Å²) in [6.07, 6.45) is 0. The molecule has 0 bridgehead atoms. The summed E-state index contributed by atoms with van der Waals surface area (Å²) in [4.78, 5) is 35.7. The molecule has 0 atom stereocenters. The zero-order valence-electron chi connectivity index (χ0n) is 14.6. The molecule has 0 aliphatic rings. The van der Waals surface area contributed by atoms with Crippen molar-refractivity contribution in [3.63, 3.8) is 0 Å². The summed E-state index contributed by atoms with van der Waals surface area (Å²) in [5.41, 5.74) is 5.81. The number of nitrogens with zero attached hydrogens (tertiary/aromatic N) is 2. The minimum atomic E-state index is -0.773. The first kappa shape index (κ1) is 19.8. The third kappa shape index (κ3) is 5.24. The Morgan fingerprint density at radius 3 is 2.44 bits per heavy atom. The molecule has 142 valence electrons. The number of likely N-dealkylation sites (N-methyl/N-ethyl adjacent to an activating group) is 1. The summed E-state index contributed by atoms with van der Waals surface area (Å²) in [6.45, 7) is 2.17. The van der Waals surface area contributed by atoms with Crippen LogP contribution in [0.3, 0.4) is 0 Å². The van der Waals surface area contributed by atoms with E-state index in [0.717, 1.165) is 11.6 Å². The molecule has 0 aliphatic heterocycles. The van der Waals surface area contributed by atoms with Gasteiger partial charge in [0.15, 0.2) is 0 Å². The number of nitrogens with one attached hydrogen (secondary N) is 1. The smallest absolute Gasteiger partial charge is 0.293 e. The van der Waals surface area contributed by atoms with Gasteiger partial charge >= 0.3 is 0 Å². The van der Waals surface area contributed by atoms with E-state index in [1.54, 1.807) is 19.1 Å². The fourth-order valence-electron chi connectivity index (χ4n) is 2.49. The number of halogens is 1. The maximum Gasteiger partial charge on any atom is 0.293 e. The van der Waals surface area contributed by atoms with Gasteiger partial charge in [-0.05, 0) is 36.8 Å². The molecule has 3 N–H and O–H groups in total. The quantitative estimate of drug-likeness (QED) is 0.541. The molecule has 0 aromatic heterocycles. The summed E-state index contributed by atoms with van der Waals surface area (Å²) in [7, 11) is 0. The van der Waals surface area contributed by atoms with Crippen LogP contribution in [0.2, 0.25) is 0 Å². The number of benzene rings is 2. The molecule has 0 aliphatic carbocycles. The maximum absolute atomic E-state index is 12.9. The van der Waals surface area contributed by atoms with Crippen molar-refractivity contribution >= 4 is 23.2 Å². The second-order valence-electron chi connectivity index (χ2n) is 5.74. The molecule has 0 radical (unpaired) electrons. The third-order valence-corrected chi connectivity index (χ3v) is 3.92. The van der Waals surface area contributed by atoms with E-state index in [1.807, 2.05) is 0 Å². The lowest BCUT2D eigenvalue weighted by atomic mass is 10.1. The average molecular weight is 374 g/mol. The number of nitro groups is 1. The molecule has 0 saturated heterocycles. The highest BCUT2D eigenvalue weighted by molar-refractivity contribution is 5.94. The Balaban J connectivity index is 2.11. The van der Waals surface area contributed by atoms with Crippen molar-refractivity contribution in [1.82, 2.24) is 5.32 Å². The number of anilines is 1. The largest absolute Gasteiger partial charge is 0.366 e. The minimum Gasteiger partial charge on any atom is -0.366 e.